The van der Waals surface area contributed by atoms with Crippen molar-refractivity contribution in [3.8, 4) is 0 Å². The number of anilines is 1. The second-order valence-corrected chi connectivity index (χ2v) is 8.13. The molecule has 1 saturated heterocycles. The Morgan fingerprint density at radius 1 is 1.22 bits per heavy atom. The summed E-state index contributed by atoms with van der Waals surface area (Å²) in [7, 11) is -1.55. The topological polar surface area (TPSA) is 78.5 Å². The Kier molecular flexibility index (Phi) is 4.70. The molecule has 1 amide bonds. The second-order valence-electron chi connectivity index (χ2n) is 6.19. The third-order valence-corrected chi connectivity index (χ3v) is 6.60. The minimum absolute atomic E-state index is 0.00602. The molecule has 1 fully saturated rings. The lowest BCUT2D eigenvalue weighted by atomic mass is 10.1. The number of rotatable bonds is 3. The fourth-order valence-corrected chi connectivity index (χ4v) is 4.77. The summed E-state index contributed by atoms with van der Waals surface area (Å²) in [6, 6.07) is 5.43. The molecule has 6 nitrogen and oxygen atoms in total. The number of amides is 1. The van der Waals surface area contributed by atoms with Crippen molar-refractivity contribution in [2.45, 2.75) is 43.0 Å². The summed E-state index contributed by atoms with van der Waals surface area (Å²) in [6.07, 6.45) is 3.61. The van der Waals surface area contributed by atoms with Crippen molar-refractivity contribution < 1.29 is 13.2 Å². The van der Waals surface area contributed by atoms with Crippen LogP contribution in [0.15, 0.2) is 23.1 Å². The Hall–Kier alpha value is -1.44. The number of aryl methyl sites for hydroxylation is 1. The number of hydrogen-bond donors (Lipinski definition) is 2. The van der Waals surface area contributed by atoms with Crippen LogP contribution in [0.25, 0.3) is 0 Å². The quantitative estimate of drug-likeness (QED) is 0.872. The fourth-order valence-electron chi connectivity index (χ4n) is 3.25. The molecule has 2 heterocycles. The van der Waals surface area contributed by atoms with Gasteiger partial charge in [0.25, 0.3) is 0 Å². The number of nitrogens with one attached hydrogen (secondary N) is 2. The lowest BCUT2D eigenvalue weighted by Crippen LogP contribution is -2.43. The Bertz CT molecular complexity index is 695. The average Bonchev–Trinajstić information content (AvgIpc) is 2.74. The third-order valence-electron chi connectivity index (χ3n) is 4.70. The molecule has 0 atom stereocenters. The summed E-state index contributed by atoms with van der Waals surface area (Å²) in [5.41, 5.74) is 1.64. The van der Waals surface area contributed by atoms with E-state index in [0.717, 1.165) is 36.9 Å². The Morgan fingerprint density at radius 2 is 1.96 bits per heavy atom. The summed E-state index contributed by atoms with van der Waals surface area (Å²) in [4.78, 5) is 11.9. The highest BCUT2D eigenvalue weighted by atomic mass is 32.2. The van der Waals surface area contributed by atoms with Gasteiger partial charge < -0.3 is 10.6 Å². The summed E-state index contributed by atoms with van der Waals surface area (Å²) in [5, 5.41) is 6.04. The second kappa shape index (κ2) is 6.59. The first-order chi connectivity index (χ1) is 11.0. The van der Waals surface area contributed by atoms with Crippen LogP contribution in [0.1, 0.15) is 31.2 Å². The van der Waals surface area contributed by atoms with E-state index in [0.29, 0.717) is 30.4 Å². The van der Waals surface area contributed by atoms with Gasteiger partial charge in [0.15, 0.2) is 0 Å². The maximum absolute atomic E-state index is 12.8. The van der Waals surface area contributed by atoms with Crippen molar-refractivity contribution in [2.24, 2.45) is 0 Å². The normalized spacial score (nSPS) is 20.7. The number of nitrogens with zero attached hydrogens (tertiary/aromatic N) is 1. The largest absolute Gasteiger partial charge is 0.326 e. The van der Waals surface area contributed by atoms with Crippen molar-refractivity contribution in [2.75, 3.05) is 25.5 Å². The van der Waals surface area contributed by atoms with Crippen LogP contribution in [0.3, 0.4) is 0 Å². The van der Waals surface area contributed by atoms with E-state index in [1.165, 1.54) is 0 Å². The highest BCUT2D eigenvalue weighted by molar-refractivity contribution is 7.89. The molecule has 23 heavy (non-hydrogen) atoms. The lowest BCUT2D eigenvalue weighted by molar-refractivity contribution is -0.116. The zero-order valence-electron chi connectivity index (χ0n) is 13.3. The molecule has 0 aliphatic carbocycles. The van der Waals surface area contributed by atoms with E-state index in [1.54, 1.807) is 22.5 Å². The molecule has 2 N–H and O–H groups in total. The predicted octanol–water partition coefficient (Wildman–Crippen LogP) is 1.33. The van der Waals surface area contributed by atoms with E-state index in [2.05, 4.69) is 10.6 Å². The van der Waals surface area contributed by atoms with Gasteiger partial charge in [0.05, 0.1) is 4.90 Å². The Balaban J connectivity index is 1.83. The monoisotopic (exact) mass is 337 g/mol. The number of fused-ring (bicyclic) bond motifs is 1. The van der Waals surface area contributed by atoms with Crippen molar-refractivity contribution in [1.82, 2.24) is 9.62 Å². The molecule has 2 aliphatic heterocycles. The van der Waals surface area contributed by atoms with Gasteiger partial charge in [-0.2, -0.15) is 4.31 Å². The first kappa shape index (κ1) is 16.4. The van der Waals surface area contributed by atoms with E-state index in [-0.39, 0.29) is 5.91 Å². The van der Waals surface area contributed by atoms with Gasteiger partial charge in [-0.05, 0) is 56.5 Å². The van der Waals surface area contributed by atoms with Gasteiger partial charge in [0, 0.05) is 31.2 Å². The van der Waals surface area contributed by atoms with E-state index >= 15 is 0 Å². The summed E-state index contributed by atoms with van der Waals surface area (Å²) >= 11 is 0. The van der Waals surface area contributed by atoms with Gasteiger partial charge in [0.2, 0.25) is 15.9 Å². The molecule has 1 aromatic rings. The van der Waals surface area contributed by atoms with Gasteiger partial charge in [-0.15, -0.1) is 0 Å². The van der Waals surface area contributed by atoms with Gasteiger partial charge in [0.1, 0.15) is 0 Å². The van der Waals surface area contributed by atoms with Crippen LogP contribution >= 0.6 is 0 Å². The van der Waals surface area contributed by atoms with Crippen molar-refractivity contribution in [1.29, 1.82) is 0 Å². The number of carbonyl (C=O) groups is 1. The molecule has 126 valence electrons. The maximum atomic E-state index is 12.8. The van der Waals surface area contributed by atoms with Crippen LogP contribution in [-0.2, 0) is 21.2 Å². The molecule has 2 aliphatic rings. The van der Waals surface area contributed by atoms with E-state index in [4.69, 9.17) is 0 Å². The van der Waals surface area contributed by atoms with Gasteiger partial charge in [-0.25, -0.2) is 8.42 Å². The standard InChI is InChI=1S/C16H23N3O3S/c1-17-13-7-9-19(10-8-13)23(21,22)14-5-6-15-12(11-14)3-2-4-16(20)18-15/h5-6,11,13,17H,2-4,7-10H2,1H3,(H,18,20). The summed E-state index contributed by atoms with van der Waals surface area (Å²) in [5.74, 6) is -0.00602. The van der Waals surface area contributed by atoms with Crippen LogP contribution in [0.5, 0.6) is 0 Å². The van der Waals surface area contributed by atoms with Crippen molar-refractivity contribution >= 4 is 21.6 Å². The average molecular weight is 337 g/mol. The van der Waals surface area contributed by atoms with Crippen molar-refractivity contribution in [3.05, 3.63) is 23.8 Å². The first-order valence-electron chi connectivity index (χ1n) is 8.11. The molecule has 0 saturated carbocycles. The first-order valence-corrected chi connectivity index (χ1v) is 9.55. The number of carbonyl (C=O) groups excluding carboxylic acids is 1. The number of sulfonamides is 1. The molecule has 0 spiro atoms. The van der Waals surface area contributed by atoms with Crippen molar-refractivity contribution in [3.63, 3.8) is 0 Å². The maximum Gasteiger partial charge on any atom is 0.243 e. The molecule has 7 heteroatoms. The number of benzene rings is 1. The van der Waals surface area contributed by atoms with E-state index in [1.807, 2.05) is 7.05 Å². The SMILES string of the molecule is CNC1CCN(S(=O)(=O)c2ccc3c(c2)CCCC(=O)N3)CC1. The van der Waals surface area contributed by atoms with Crippen LogP contribution in [0.4, 0.5) is 5.69 Å². The molecule has 3 rings (SSSR count). The molecule has 0 bridgehead atoms. The Morgan fingerprint density at radius 3 is 2.65 bits per heavy atom. The lowest BCUT2D eigenvalue weighted by Gasteiger charge is -2.31. The highest BCUT2D eigenvalue weighted by Crippen LogP contribution is 2.27. The minimum Gasteiger partial charge on any atom is -0.326 e. The van der Waals surface area contributed by atoms with Gasteiger partial charge >= 0.3 is 0 Å². The minimum atomic E-state index is -3.46. The number of hydrogen-bond acceptors (Lipinski definition) is 4. The highest BCUT2D eigenvalue weighted by Gasteiger charge is 2.29. The van der Waals surface area contributed by atoms with Gasteiger partial charge in [-0.3, -0.25) is 4.79 Å². The summed E-state index contributed by atoms with van der Waals surface area (Å²) in [6.45, 7) is 1.09. The zero-order valence-corrected chi connectivity index (χ0v) is 14.2. The zero-order chi connectivity index (χ0) is 16.4. The molecule has 0 aromatic heterocycles. The number of piperidine rings is 1. The van der Waals surface area contributed by atoms with E-state index in [9.17, 15) is 13.2 Å². The van der Waals surface area contributed by atoms with Gasteiger partial charge in [-0.1, -0.05) is 0 Å². The molecular formula is C16H23N3O3S. The smallest absolute Gasteiger partial charge is 0.243 e. The fraction of sp³-hybridized carbons (Fsp3) is 0.562. The molecule has 0 radical (unpaired) electrons. The third kappa shape index (κ3) is 3.41. The molecule has 0 unspecified atom stereocenters. The van der Waals surface area contributed by atoms with E-state index < -0.39 is 10.0 Å². The predicted molar refractivity (Wildman–Crippen MR) is 88.9 cm³/mol. The molecule has 1 aromatic carbocycles. The Labute approximate surface area is 137 Å². The molecular weight excluding hydrogens is 314 g/mol. The van der Waals surface area contributed by atoms with Crippen LogP contribution < -0.4 is 10.6 Å². The van der Waals surface area contributed by atoms with Crippen LogP contribution in [-0.4, -0.2) is 44.8 Å². The summed E-state index contributed by atoms with van der Waals surface area (Å²) < 4.78 is 27.2. The van der Waals surface area contributed by atoms with Crippen LogP contribution in [0.2, 0.25) is 0 Å². The van der Waals surface area contributed by atoms with Crippen LogP contribution in [0, 0.1) is 0 Å².